The van der Waals surface area contributed by atoms with Crippen molar-refractivity contribution < 1.29 is 0 Å². The Bertz CT molecular complexity index is 205. The summed E-state index contributed by atoms with van der Waals surface area (Å²) in [5, 5.41) is 3.75. The molecule has 1 fully saturated rings. The minimum atomic E-state index is 0.681. The van der Waals surface area contributed by atoms with Gasteiger partial charge in [0.05, 0.1) is 0 Å². The predicted molar refractivity (Wildman–Crippen MR) is 81.1 cm³/mol. The van der Waals surface area contributed by atoms with E-state index in [9.17, 15) is 0 Å². The van der Waals surface area contributed by atoms with Crippen LogP contribution >= 0.6 is 0 Å². The quantitative estimate of drug-likeness (QED) is 0.725. The van der Waals surface area contributed by atoms with Crippen LogP contribution in [0.25, 0.3) is 0 Å². The Balaban J connectivity index is 2.38. The summed E-state index contributed by atoms with van der Waals surface area (Å²) in [6.07, 6.45) is 9.40. The molecule has 0 aromatic heterocycles. The highest BCUT2D eigenvalue weighted by molar-refractivity contribution is 4.79. The summed E-state index contributed by atoms with van der Waals surface area (Å²) in [7, 11) is 0. The topological polar surface area (TPSA) is 15.3 Å². The van der Waals surface area contributed by atoms with Crippen LogP contribution in [0.4, 0.5) is 0 Å². The van der Waals surface area contributed by atoms with Gasteiger partial charge in [-0.05, 0) is 52.6 Å². The summed E-state index contributed by atoms with van der Waals surface area (Å²) in [5.41, 5.74) is 0. The van der Waals surface area contributed by atoms with Crippen LogP contribution in [0.2, 0.25) is 0 Å². The van der Waals surface area contributed by atoms with E-state index < -0.39 is 0 Å². The van der Waals surface area contributed by atoms with Crippen molar-refractivity contribution in [2.75, 3.05) is 13.1 Å². The van der Waals surface area contributed by atoms with Gasteiger partial charge in [0.25, 0.3) is 0 Å². The van der Waals surface area contributed by atoms with Crippen LogP contribution in [0.3, 0.4) is 0 Å². The van der Waals surface area contributed by atoms with Crippen LogP contribution in [0.15, 0.2) is 0 Å². The average Bonchev–Trinajstić information content (AvgIpc) is 2.34. The van der Waals surface area contributed by atoms with Gasteiger partial charge in [-0.25, -0.2) is 0 Å². The molecule has 1 aliphatic heterocycles. The van der Waals surface area contributed by atoms with E-state index in [2.05, 4.69) is 37.9 Å². The van der Waals surface area contributed by atoms with Gasteiger partial charge in [0.2, 0.25) is 0 Å². The standard InChI is InChI=1S/C16H34N2/c1-5-7-8-9-15(4)18-12-10-14(3)17-16(6-2)11-13-18/h14-17H,5-13H2,1-4H3. The fourth-order valence-electron chi connectivity index (χ4n) is 3.00. The Morgan fingerprint density at radius 1 is 1.17 bits per heavy atom. The van der Waals surface area contributed by atoms with Gasteiger partial charge in [-0.1, -0.05) is 33.1 Å². The van der Waals surface area contributed by atoms with E-state index in [-0.39, 0.29) is 0 Å². The fraction of sp³-hybridized carbons (Fsp3) is 1.00. The van der Waals surface area contributed by atoms with Gasteiger partial charge < -0.3 is 10.2 Å². The van der Waals surface area contributed by atoms with E-state index >= 15 is 0 Å². The molecule has 0 spiro atoms. The van der Waals surface area contributed by atoms with Crippen LogP contribution in [0, 0.1) is 0 Å². The molecular formula is C16H34N2. The van der Waals surface area contributed by atoms with Crippen molar-refractivity contribution in [3.8, 4) is 0 Å². The molecule has 0 amide bonds. The maximum atomic E-state index is 3.75. The lowest BCUT2D eigenvalue weighted by Crippen LogP contribution is -2.46. The van der Waals surface area contributed by atoms with Crippen LogP contribution in [0.1, 0.15) is 72.6 Å². The molecule has 2 heteroatoms. The number of rotatable bonds is 6. The molecule has 1 rings (SSSR count). The number of nitrogens with one attached hydrogen (secondary N) is 1. The highest BCUT2D eigenvalue weighted by atomic mass is 15.2. The third-order valence-corrected chi connectivity index (χ3v) is 4.48. The van der Waals surface area contributed by atoms with Crippen molar-refractivity contribution in [3.63, 3.8) is 0 Å². The molecule has 108 valence electrons. The smallest absolute Gasteiger partial charge is 0.00790 e. The maximum absolute atomic E-state index is 3.75. The van der Waals surface area contributed by atoms with Gasteiger partial charge in [0.1, 0.15) is 0 Å². The molecule has 18 heavy (non-hydrogen) atoms. The molecule has 0 bridgehead atoms. The van der Waals surface area contributed by atoms with Gasteiger partial charge in [-0.3, -0.25) is 0 Å². The second-order valence-electron chi connectivity index (χ2n) is 6.13. The predicted octanol–water partition coefficient (Wildman–Crippen LogP) is 3.81. The normalized spacial score (nSPS) is 28.7. The van der Waals surface area contributed by atoms with E-state index in [0.717, 1.165) is 12.1 Å². The van der Waals surface area contributed by atoms with Gasteiger partial charge in [-0.2, -0.15) is 0 Å². The molecule has 0 aromatic carbocycles. The third kappa shape index (κ3) is 5.71. The highest BCUT2D eigenvalue weighted by Crippen LogP contribution is 2.15. The zero-order valence-corrected chi connectivity index (χ0v) is 13.0. The SMILES string of the molecule is CCCCCC(C)N1CCC(C)NC(CC)CC1. The minimum Gasteiger partial charge on any atom is -0.311 e. The van der Waals surface area contributed by atoms with Crippen molar-refractivity contribution in [3.05, 3.63) is 0 Å². The Kier molecular flexibility index (Phi) is 7.92. The minimum absolute atomic E-state index is 0.681. The van der Waals surface area contributed by atoms with E-state index in [1.54, 1.807) is 0 Å². The lowest BCUT2D eigenvalue weighted by atomic mass is 10.0. The lowest BCUT2D eigenvalue weighted by molar-refractivity contribution is 0.159. The first-order valence-electron chi connectivity index (χ1n) is 8.17. The summed E-state index contributed by atoms with van der Waals surface area (Å²) >= 11 is 0. The van der Waals surface area contributed by atoms with E-state index in [0.29, 0.717) is 6.04 Å². The Labute approximate surface area is 115 Å². The summed E-state index contributed by atoms with van der Waals surface area (Å²) < 4.78 is 0. The molecule has 1 aliphatic rings. The van der Waals surface area contributed by atoms with Crippen molar-refractivity contribution >= 4 is 0 Å². The molecule has 0 saturated carbocycles. The second kappa shape index (κ2) is 8.92. The molecule has 0 radical (unpaired) electrons. The van der Waals surface area contributed by atoms with Crippen LogP contribution < -0.4 is 5.32 Å². The van der Waals surface area contributed by atoms with Gasteiger partial charge >= 0.3 is 0 Å². The van der Waals surface area contributed by atoms with Crippen molar-refractivity contribution in [2.45, 2.75) is 90.8 Å². The van der Waals surface area contributed by atoms with Crippen molar-refractivity contribution in [1.82, 2.24) is 10.2 Å². The molecule has 1 heterocycles. The summed E-state index contributed by atoms with van der Waals surface area (Å²) in [6.45, 7) is 11.9. The van der Waals surface area contributed by atoms with Crippen LogP contribution in [-0.2, 0) is 0 Å². The number of hydrogen-bond donors (Lipinski definition) is 1. The molecular weight excluding hydrogens is 220 g/mol. The van der Waals surface area contributed by atoms with E-state index in [1.807, 2.05) is 0 Å². The Hall–Kier alpha value is -0.0800. The number of unbranched alkanes of at least 4 members (excludes halogenated alkanes) is 2. The average molecular weight is 254 g/mol. The summed E-state index contributed by atoms with van der Waals surface area (Å²) in [6, 6.07) is 2.19. The van der Waals surface area contributed by atoms with Crippen LogP contribution in [-0.4, -0.2) is 36.1 Å². The number of hydrogen-bond acceptors (Lipinski definition) is 2. The molecule has 0 aliphatic carbocycles. The lowest BCUT2D eigenvalue weighted by Gasteiger charge is -2.35. The zero-order valence-electron chi connectivity index (χ0n) is 13.0. The highest BCUT2D eigenvalue weighted by Gasteiger charge is 2.20. The first kappa shape index (κ1) is 16.0. The van der Waals surface area contributed by atoms with E-state index in [4.69, 9.17) is 0 Å². The van der Waals surface area contributed by atoms with E-state index in [1.165, 1.54) is 58.0 Å². The molecule has 3 unspecified atom stereocenters. The fourth-order valence-corrected chi connectivity index (χ4v) is 3.00. The second-order valence-corrected chi connectivity index (χ2v) is 6.13. The Morgan fingerprint density at radius 2 is 1.89 bits per heavy atom. The molecule has 3 atom stereocenters. The number of nitrogens with zero attached hydrogens (tertiary/aromatic N) is 1. The van der Waals surface area contributed by atoms with Gasteiger partial charge in [0, 0.05) is 18.1 Å². The molecule has 1 saturated heterocycles. The molecule has 0 aromatic rings. The first-order chi connectivity index (χ1) is 8.67. The third-order valence-electron chi connectivity index (χ3n) is 4.48. The van der Waals surface area contributed by atoms with Gasteiger partial charge in [0.15, 0.2) is 0 Å². The van der Waals surface area contributed by atoms with Crippen molar-refractivity contribution in [1.29, 1.82) is 0 Å². The largest absolute Gasteiger partial charge is 0.311 e. The van der Waals surface area contributed by atoms with Crippen LogP contribution in [0.5, 0.6) is 0 Å². The summed E-state index contributed by atoms with van der Waals surface area (Å²) in [5.74, 6) is 0. The summed E-state index contributed by atoms with van der Waals surface area (Å²) in [4.78, 5) is 2.73. The van der Waals surface area contributed by atoms with Gasteiger partial charge in [-0.15, -0.1) is 0 Å². The monoisotopic (exact) mass is 254 g/mol. The first-order valence-corrected chi connectivity index (χ1v) is 8.17. The Morgan fingerprint density at radius 3 is 2.56 bits per heavy atom. The van der Waals surface area contributed by atoms with Crippen molar-refractivity contribution in [2.24, 2.45) is 0 Å². The maximum Gasteiger partial charge on any atom is 0.00790 e. The zero-order chi connectivity index (χ0) is 13.4. The molecule has 2 nitrogen and oxygen atoms in total. The molecule has 1 N–H and O–H groups in total.